The van der Waals surface area contributed by atoms with Gasteiger partial charge in [-0.25, -0.2) is 19.3 Å². The number of imide groups is 1. The number of esters is 1. The third kappa shape index (κ3) is 5.55. The summed E-state index contributed by atoms with van der Waals surface area (Å²) in [4.78, 5) is 35.7. The Bertz CT molecular complexity index is 538. The molecule has 7 nitrogen and oxygen atoms in total. The van der Waals surface area contributed by atoms with Crippen molar-refractivity contribution in [3.05, 3.63) is 35.9 Å². The predicted molar refractivity (Wildman–Crippen MR) is 87.1 cm³/mol. The van der Waals surface area contributed by atoms with Gasteiger partial charge in [0.05, 0.1) is 13.7 Å². The van der Waals surface area contributed by atoms with Crippen LogP contribution in [-0.4, -0.2) is 48.0 Å². The minimum Gasteiger partial charge on any atom is -0.467 e. The number of carbonyl (C=O) groups excluding carboxylic acids is 3. The van der Waals surface area contributed by atoms with E-state index in [1.807, 2.05) is 25.1 Å². The molecule has 126 valence electrons. The van der Waals surface area contributed by atoms with Crippen LogP contribution in [0.25, 0.3) is 0 Å². The number of carbonyl (C=O) groups is 3. The number of hydrogen-bond donors (Lipinski definition) is 1. The Morgan fingerprint density at radius 3 is 2.52 bits per heavy atom. The highest BCUT2D eigenvalue weighted by Gasteiger charge is 2.42. The third-order valence-corrected chi connectivity index (χ3v) is 2.85. The van der Waals surface area contributed by atoms with E-state index < -0.39 is 24.1 Å². The Labute approximate surface area is 143 Å². The number of halogens is 1. The molecule has 1 fully saturated rings. The van der Waals surface area contributed by atoms with Crippen LogP contribution in [0.1, 0.15) is 12.5 Å². The first-order valence-electron chi connectivity index (χ1n) is 6.96. The lowest BCUT2D eigenvalue weighted by molar-refractivity contribution is -0.144. The van der Waals surface area contributed by atoms with Crippen molar-refractivity contribution in [3.63, 3.8) is 0 Å². The van der Waals surface area contributed by atoms with Crippen LogP contribution >= 0.6 is 15.9 Å². The zero-order chi connectivity index (χ0) is 17.2. The zero-order valence-corrected chi connectivity index (χ0v) is 14.5. The molecule has 1 aromatic carbocycles. The number of methoxy groups -OCH3 is 1. The average molecular weight is 387 g/mol. The molecule has 1 aliphatic heterocycles. The summed E-state index contributed by atoms with van der Waals surface area (Å²) >= 11 is 3.15. The number of urea groups is 1. The van der Waals surface area contributed by atoms with Gasteiger partial charge >= 0.3 is 18.1 Å². The lowest BCUT2D eigenvalue weighted by Crippen LogP contribution is -2.44. The fourth-order valence-corrected chi connectivity index (χ4v) is 1.83. The highest BCUT2D eigenvalue weighted by Crippen LogP contribution is 2.12. The molecule has 0 saturated carbocycles. The monoisotopic (exact) mass is 386 g/mol. The maximum absolute atomic E-state index is 11.9. The lowest BCUT2D eigenvalue weighted by Gasteiger charge is -2.18. The fourth-order valence-electron chi connectivity index (χ4n) is 1.83. The summed E-state index contributed by atoms with van der Waals surface area (Å²) in [5, 5.41) is 3.46. The second kappa shape index (κ2) is 9.83. The summed E-state index contributed by atoms with van der Waals surface area (Å²) in [6.07, 6.45) is -0.876. The molecule has 0 aromatic heterocycles. The normalized spacial score (nSPS) is 16.0. The molecular formula is C15H19BrN2O5. The Morgan fingerprint density at radius 1 is 1.35 bits per heavy atom. The second-order valence-corrected chi connectivity index (χ2v) is 5.52. The van der Waals surface area contributed by atoms with Gasteiger partial charge in [0.1, 0.15) is 6.61 Å². The van der Waals surface area contributed by atoms with Crippen LogP contribution in [-0.2, 0) is 20.9 Å². The Balaban J connectivity index is 0.000000816. The van der Waals surface area contributed by atoms with Gasteiger partial charge in [0.15, 0.2) is 6.04 Å². The third-order valence-electron chi connectivity index (χ3n) is 2.85. The van der Waals surface area contributed by atoms with E-state index in [1.165, 1.54) is 7.11 Å². The van der Waals surface area contributed by atoms with Crippen LogP contribution in [0.5, 0.6) is 0 Å². The first kappa shape index (κ1) is 19.0. The first-order chi connectivity index (χ1) is 11.0. The van der Waals surface area contributed by atoms with Gasteiger partial charge in [-0.05, 0) is 5.56 Å². The molecule has 1 aliphatic rings. The number of hydrogen-bond acceptors (Lipinski definition) is 5. The van der Waals surface area contributed by atoms with E-state index in [4.69, 9.17) is 4.74 Å². The van der Waals surface area contributed by atoms with E-state index >= 15 is 0 Å². The number of alkyl halides is 1. The molecule has 2 rings (SSSR count). The van der Waals surface area contributed by atoms with Gasteiger partial charge in [0.2, 0.25) is 0 Å². The molecule has 23 heavy (non-hydrogen) atoms. The highest BCUT2D eigenvalue weighted by atomic mass is 79.9. The summed E-state index contributed by atoms with van der Waals surface area (Å²) in [5.74, 6) is -0.667. The van der Waals surface area contributed by atoms with Crippen molar-refractivity contribution in [2.24, 2.45) is 0 Å². The van der Waals surface area contributed by atoms with Crippen LogP contribution in [0.3, 0.4) is 0 Å². The predicted octanol–water partition coefficient (Wildman–Crippen LogP) is 2.29. The van der Waals surface area contributed by atoms with Crippen LogP contribution in [0.15, 0.2) is 30.3 Å². The first-order valence-corrected chi connectivity index (χ1v) is 8.08. The zero-order valence-electron chi connectivity index (χ0n) is 13.0. The highest BCUT2D eigenvalue weighted by molar-refractivity contribution is 9.09. The Kier molecular flexibility index (Phi) is 8.10. The van der Waals surface area contributed by atoms with Crippen molar-refractivity contribution in [2.75, 3.05) is 19.0 Å². The standard InChI is InChI=1S/C13H14N2O5.C2H5Br/c1-19-11(16)10-7-14-12(17)15(10)13(18)20-8-9-5-3-2-4-6-9;1-2-3/h2-6,10H,7-8H2,1H3,(H,14,17);2H2,1H3/t10-;/m0./s1. The van der Waals surface area contributed by atoms with Gasteiger partial charge in [0, 0.05) is 5.33 Å². The summed E-state index contributed by atoms with van der Waals surface area (Å²) < 4.78 is 9.57. The number of rotatable bonds is 3. The van der Waals surface area contributed by atoms with E-state index in [-0.39, 0.29) is 13.2 Å². The van der Waals surface area contributed by atoms with Crippen LogP contribution in [0, 0.1) is 0 Å². The molecular weight excluding hydrogens is 368 g/mol. The molecule has 8 heteroatoms. The topological polar surface area (TPSA) is 84.9 Å². The molecule has 1 aromatic rings. The summed E-state index contributed by atoms with van der Waals surface area (Å²) in [7, 11) is 1.19. The van der Waals surface area contributed by atoms with Crippen molar-refractivity contribution >= 4 is 34.0 Å². The van der Waals surface area contributed by atoms with Gasteiger partial charge in [-0.15, -0.1) is 0 Å². The number of amides is 3. The van der Waals surface area contributed by atoms with Gasteiger partial charge in [-0.1, -0.05) is 53.2 Å². The van der Waals surface area contributed by atoms with Gasteiger partial charge in [-0.2, -0.15) is 0 Å². The molecule has 0 bridgehead atoms. The van der Waals surface area contributed by atoms with Gasteiger partial charge in [0.25, 0.3) is 0 Å². The Hall–Kier alpha value is -2.09. The van der Waals surface area contributed by atoms with Gasteiger partial charge < -0.3 is 14.8 Å². The fraction of sp³-hybridized carbons (Fsp3) is 0.400. The van der Waals surface area contributed by atoms with E-state index in [0.29, 0.717) is 0 Å². The summed E-state index contributed by atoms with van der Waals surface area (Å²) in [5.41, 5.74) is 0.787. The number of nitrogens with zero attached hydrogens (tertiary/aromatic N) is 1. The average Bonchev–Trinajstić information content (AvgIpc) is 2.95. The van der Waals surface area contributed by atoms with Gasteiger partial charge in [-0.3, -0.25) is 0 Å². The van der Waals surface area contributed by atoms with Crippen molar-refractivity contribution < 1.29 is 23.9 Å². The quantitative estimate of drug-likeness (QED) is 0.636. The van der Waals surface area contributed by atoms with E-state index in [0.717, 1.165) is 15.8 Å². The van der Waals surface area contributed by atoms with E-state index in [1.54, 1.807) is 12.1 Å². The van der Waals surface area contributed by atoms with Crippen molar-refractivity contribution in [3.8, 4) is 0 Å². The van der Waals surface area contributed by atoms with Crippen LogP contribution in [0.2, 0.25) is 0 Å². The molecule has 1 saturated heterocycles. The molecule has 0 spiro atoms. The van der Waals surface area contributed by atoms with E-state index in [2.05, 4.69) is 26.0 Å². The van der Waals surface area contributed by atoms with Crippen molar-refractivity contribution in [2.45, 2.75) is 19.6 Å². The van der Waals surface area contributed by atoms with Crippen LogP contribution < -0.4 is 5.32 Å². The van der Waals surface area contributed by atoms with Crippen molar-refractivity contribution in [1.29, 1.82) is 0 Å². The molecule has 0 radical (unpaired) electrons. The lowest BCUT2D eigenvalue weighted by atomic mass is 10.2. The number of ether oxygens (including phenoxy) is 2. The molecule has 1 atom stereocenters. The maximum Gasteiger partial charge on any atom is 0.419 e. The Morgan fingerprint density at radius 2 is 1.96 bits per heavy atom. The van der Waals surface area contributed by atoms with Crippen molar-refractivity contribution in [1.82, 2.24) is 10.2 Å². The maximum atomic E-state index is 11.9. The summed E-state index contributed by atoms with van der Waals surface area (Å²) in [6.45, 7) is 2.09. The minimum atomic E-state index is -0.990. The second-order valence-electron chi connectivity index (χ2n) is 4.40. The largest absolute Gasteiger partial charge is 0.467 e. The van der Waals surface area contributed by atoms with E-state index in [9.17, 15) is 14.4 Å². The SMILES string of the molecule is CCBr.COC(=O)[C@@H]1CNC(=O)N1C(=O)OCc1ccccc1. The molecule has 0 aliphatic carbocycles. The molecule has 3 amide bonds. The minimum absolute atomic E-state index is 0.0198. The molecule has 0 unspecified atom stereocenters. The van der Waals surface area contributed by atoms with Crippen LogP contribution in [0.4, 0.5) is 9.59 Å². The summed E-state index contributed by atoms with van der Waals surface area (Å²) in [6, 6.07) is 7.37. The molecule has 1 heterocycles. The number of nitrogens with one attached hydrogen (secondary N) is 1. The smallest absolute Gasteiger partial charge is 0.419 e. The number of benzene rings is 1. The molecule has 1 N–H and O–H groups in total.